The van der Waals surface area contributed by atoms with Crippen molar-refractivity contribution in [3.05, 3.63) is 21.4 Å². The molecule has 0 aromatic carbocycles. The van der Waals surface area contributed by atoms with Gasteiger partial charge in [0.2, 0.25) is 0 Å². The zero-order chi connectivity index (χ0) is 8.65. The quantitative estimate of drug-likeness (QED) is 0.574. The summed E-state index contributed by atoms with van der Waals surface area (Å²) >= 11 is 1.14. The highest BCUT2D eigenvalue weighted by molar-refractivity contribution is 7.10. The van der Waals surface area contributed by atoms with E-state index in [0.717, 1.165) is 21.6 Å². The third kappa shape index (κ3) is 1.56. The Morgan fingerprint density at radius 1 is 1.27 bits per heavy atom. The fourth-order valence-electron chi connectivity index (χ4n) is 0.793. The Morgan fingerprint density at radius 3 is 2.00 bits per heavy atom. The molecule has 0 aliphatic heterocycles. The predicted octanol–water partition coefficient (Wildman–Crippen LogP) is 3.38. The minimum Gasteiger partial charge on any atom is -0.166 e. The van der Waals surface area contributed by atoms with Crippen molar-refractivity contribution >= 4 is 11.3 Å². The molecule has 0 aliphatic carbocycles. The van der Waals surface area contributed by atoms with Crippen molar-refractivity contribution in [2.45, 2.75) is 20.0 Å². The summed E-state index contributed by atoms with van der Waals surface area (Å²) in [5.74, 6) is 0. The molecule has 0 unspecified atom stereocenters. The van der Waals surface area contributed by atoms with Gasteiger partial charge in [-0.3, -0.25) is 0 Å². The largest absolute Gasteiger partial charge is 0.417 e. The minimum absolute atomic E-state index is 0.350. The third-order valence-electron chi connectivity index (χ3n) is 1.59. The molecule has 0 aliphatic rings. The molecule has 1 aromatic rings. The van der Waals surface area contributed by atoms with Gasteiger partial charge >= 0.3 is 6.18 Å². The van der Waals surface area contributed by atoms with Crippen LogP contribution in [0.1, 0.15) is 16.0 Å². The summed E-state index contributed by atoms with van der Waals surface area (Å²) in [6.45, 7) is 3.18. The van der Waals surface area contributed by atoms with Gasteiger partial charge in [0, 0.05) is 10.3 Å². The van der Waals surface area contributed by atoms with Gasteiger partial charge in [-0.2, -0.15) is 13.2 Å². The number of alkyl halides is 3. The van der Waals surface area contributed by atoms with Crippen molar-refractivity contribution in [2.75, 3.05) is 0 Å². The fourth-order valence-corrected chi connectivity index (χ4v) is 1.68. The third-order valence-corrected chi connectivity index (χ3v) is 2.60. The van der Waals surface area contributed by atoms with E-state index in [-0.39, 0.29) is 0 Å². The Kier molecular flexibility index (Phi) is 1.96. The molecule has 0 fully saturated rings. The topological polar surface area (TPSA) is 0 Å². The average Bonchev–Trinajstić information content (AvgIpc) is 2.11. The van der Waals surface area contributed by atoms with Crippen molar-refractivity contribution in [2.24, 2.45) is 0 Å². The second-order valence-corrected chi connectivity index (χ2v) is 3.41. The monoisotopic (exact) mass is 180 g/mol. The molecule has 1 aromatic heterocycles. The van der Waals surface area contributed by atoms with Crippen LogP contribution in [0.2, 0.25) is 0 Å². The van der Waals surface area contributed by atoms with E-state index in [1.54, 1.807) is 6.92 Å². The molecule has 62 valence electrons. The molecule has 11 heavy (non-hydrogen) atoms. The average molecular weight is 180 g/mol. The fraction of sp³-hybridized carbons (Fsp3) is 0.429. The summed E-state index contributed by atoms with van der Waals surface area (Å²) in [5, 5.41) is 1.16. The van der Waals surface area contributed by atoms with Crippen LogP contribution in [0.3, 0.4) is 0 Å². The first kappa shape index (κ1) is 8.59. The van der Waals surface area contributed by atoms with Gasteiger partial charge in [0.1, 0.15) is 0 Å². The van der Waals surface area contributed by atoms with Crippen molar-refractivity contribution in [1.29, 1.82) is 0 Å². The SMILES string of the molecule is Cc1scc(C(F)(F)F)c1C. The van der Waals surface area contributed by atoms with Crippen LogP contribution in [0.5, 0.6) is 0 Å². The highest BCUT2D eigenvalue weighted by Gasteiger charge is 2.33. The van der Waals surface area contributed by atoms with E-state index >= 15 is 0 Å². The Hall–Kier alpha value is -0.510. The van der Waals surface area contributed by atoms with Gasteiger partial charge < -0.3 is 0 Å². The van der Waals surface area contributed by atoms with Crippen LogP contribution in [0, 0.1) is 13.8 Å². The van der Waals surface area contributed by atoms with Crippen molar-refractivity contribution in [3.63, 3.8) is 0 Å². The predicted molar refractivity (Wildman–Crippen MR) is 38.8 cm³/mol. The number of hydrogen-bond acceptors (Lipinski definition) is 1. The standard InChI is InChI=1S/C7H7F3S/c1-4-5(2)11-3-6(4)7(8,9)10/h3H,1-2H3. The molecule has 0 amide bonds. The van der Waals surface area contributed by atoms with Crippen LogP contribution in [0.15, 0.2) is 5.38 Å². The lowest BCUT2D eigenvalue weighted by atomic mass is 10.2. The molecule has 0 N–H and O–H groups in total. The molecule has 4 heteroatoms. The smallest absolute Gasteiger partial charge is 0.166 e. The van der Waals surface area contributed by atoms with Crippen LogP contribution >= 0.6 is 11.3 Å². The van der Waals surface area contributed by atoms with Crippen molar-refractivity contribution in [3.8, 4) is 0 Å². The number of aryl methyl sites for hydroxylation is 1. The van der Waals surface area contributed by atoms with Gasteiger partial charge in [0.05, 0.1) is 5.56 Å². The van der Waals surface area contributed by atoms with Gasteiger partial charge in [-0.05, 0) is 19.4 Å². The van der Waals surface area contributed by atoms with Gasteiger partial charge in [0.15, 0.2) is 0 Å². The molecule has 0 saturated carbocycles. The molecule has 0 spiro atoms. The van der Waals surface area contributed by atoms with E-state index in [4.69, 9.17) is 0 Å². The van der Waals surface area contributed by atoms with E-state index in [0.29, 0.717) is 5.56 Å². The highest BCUT2D eigenvalue weighted by atomic mass is 32.1. The maximum atomic E-state index is 12.1. The summed E-state index contributed by atoms with van der Waals surface area (Å²) in [4.78, 5) is 0.734. The Bertz CT molecular complexity index is 259. The highest BCUT2D eigenvalue weighted by Crippen LogP contribution is 2.35. The van der Waals surface area contributed by atoms with Crippen LogP contribution < -0.4 is 0 Å². The zero-order valence-electron chi connectivity index (χ0n) is 6.12. The minimum atomic E-state index is -4.19. The van der Waals surface area contributed by atoms with Gasteiger partial charge in [-0.25, -0.2) is 0 Å². The lowest BCUT2D eigenvalue weighted by molar-refractivity contribution is -0.137. The van der Waals surface area contributed by atoms with E-state index in [2.05, 4.69) is 0 Å². The first-order chi connectivity index (χ1) is 4.93. The molecular weight excluding hydrogens is 173 g/mol. The Morgan fingerprint density at radius 2 is 1.82 bits per heavy atom. The van der Waals surface area contributed by atoms with E-state index in [9.17, 15) is 13.2 Å². The second kappa shape index (κ2) is 2.52. The second-order valence-electron chi connectivity index (χ2n) is 2.33. The van der Waals surface area contributed by atoms with Crippen LogP contribution in [0.4, 0.5) is 13.2 Å². The van der Waals surface area contributed by atoms with E-state index in [1.807, 2.05) is 0 Å². The maximum Gasteiger partial charge on any atom is 0.417 e. The summed E-state index contributed by atoms with van der Waals surface area (Å²) in [6.07, 6.45) is -4.19. The molecule has 0 radical (unpaired) electrons. The molecule has 0 bridgehead atoms. The first-order valence-electron chi connectivity index (χ1n) is 3.05. The first-order valence-corrected chi connectivity index (χ1v) is 3.93. The lowest BCUT2D eigenvalue weighted by Crippen LogP contribution is -2.04. The zero-order valence-corrected chi connectivity index (χ0v) is 6.94. The Balaban J connectivity index is 3.15. The summed E-state index contributed by atoms with van der Waals surface area (Å²) in [5.41, 5.74) is -0.150. The normalized spacial score (nSPS) is 12.1. The van der Waals surface area contributed by atoms with Gasteiger partial charge in [0.25, 0.3) is 0 Å². The van der Waals surface area contributed by atoms with Crippen molar-refractivity contribution in [1.82, 2.24) is 0 Å². The molecule has 1 rings (SSSR count). The van der Waals surface area contributed by atoms with E-state index in [1.165, 1.54) is 6.92 Å². The van der Waals surface area contributed by atoms with Crippen molar-refractivity contribution < 1.29 is 13.2 Å². The van der Waals surface area contributed by atoms with Gasteiger partial charge in [-0.1, -0.05) is 0 Å². The summed E-state index contributed by atoms with van der Waals surface area (Å²) < 4.78 is 36.2. The Labute approximate surface area is 66.7 Å². The van der Waals surface area contributed by atoms with Gasteiger partial charge in [-0.15, -0.1) is 11.3 Å². The molecule has 0 nitrogen and oxygen atoms in total. The number of rotatable bonds is 0. The maximum absolute atomic E-state index is 12.1. The number of thiophene rings is 1. The van der Waals surface area contributed by atoms with E-state index < -0.39 is 11.7 Å². The summed E-state index contributed by atoms with van der Waals surface area (Å²) in [7, 11) is 0. The molecule has 0 saturated heterocycles. The molecule has 0 atom stereocenters. The van der Waals surface area contributed by atoms with Crippen LogP contribution in [0.25, 0.3) is 0 Å². The lowest BCUT2D eigenvalue weighted by Gasteiger charge is -2.04. The number of hydrogen-bond donors (Lipinski definition) is 0. The summed E-state index contributed by atoms with van der Waals surface area (Å²) in [6, 6.07) is 0. The molecule has 1 heterocycles. The number of halogens is 3. The van der Waals surface area contributed by atoms with Crippen LogP contribution in [-0.2, 0) is 6.18 Å². The molecular formula is C7H7F3S. The van der Waals surface area contributed by atoms with Crippen LogP contribution in [-0.4, -0.2) is 0 Å².